The maximum absolute atomic E-state index is 13.0. The summed E-state index contributed by atoms with van der Waals surface area (Å²) >= 11 is 0. The van der Waals surface area contributed by atoms with Crippen molar-refractivity contribution in [3.63, 3.8) is 0 Å². The molecule has 5 nitrogen and oxygen atoms in total. The van der Waals surface area contributed by atoms with Crippen LogP contribution in [0, 0.1) is 21.8 Å². The lowest BCUT2D eigenvalue weighted by Crippen LogP contribution is -2.30. The summed E-state index contributed by atoms with van der Waals surface area (Å²) in [6, 6.07) is 3.61. The number of nitrogens with zero attached hydrogens (tertiary/aromatic N) is 1. The van der Waals surface area contributed by atoms with Crippen LogP contribution in [0.15, 0.2) is 18.2 Å². The molecule has 0 amide bonds. The van der Waals surface area contributed by atoms with E-state index in [1.54, 1.807) is 0 Å². The lowest BCUT2D eigenvalue weighted by atomic mass is 9.96. The molecular formula is C13H18FN3O2. The molecule has 0 aromatic heterocycles. The number of hydrogen-bond acceptors (Lipinski definition) is 4. The molecule has 0 aliphatic carbocycles. The number of rotatable bonds is 5. The molecule has 0 spiro atoms. The summed E-state index contributed by atoms with van der Waals surface area (Å²) in [5.41, 5.74) is 0.178. The molecule has 1 aliphatic heterocycles. The highest BCUT2D eigenvalue weighted by Crippen LogP contribution is 2.25. The Labute approximate surface area is 111 Å². The number of nitro benzene ring substituents is 1. The molecule has 2 N–H and O–H groups in total. The van der Waals surface area contributed by atoms with E-state index in [0.29, 0.717) is 18.2 Å². The summed E-state index contributed by atoms with van der Waals surface area (Å²) in [6.07, 6.45) is 3.34. The van der Waals surface area contributed by atoms with E-state index in [0.717, 1.165) is 25.6 Å². The van der Waals surface area contributed by atoms with Gasteiger partial charge in [-0.15, -0.1) is 0 Å². The Bertz CT molecular complexity index is 448. The second-order valence-electron chi connectivity index (χ2n) is 4.85. The van der Waals surface area contributed by atoms with E-state index in [4.69, 9.17) is 0 Å². The fourth-order valence-corrected chi connectivity index (χ4v) is 2.39. The van der Waals surface area contributed by atoms with E-state index >= 15 is 0 Å². The molecule has 19 heavy (non-hydrogen) atoms. The van der Waals surface area contributed by atoms with Crippen molar-refractivity contribution in [3.05, 3.63) is 34.1 Å². The first-order chi connectivity index (χ1) is 9.16. The lowest BCUT2D eigenvalue weighted by molar-refractivity contribution is -0.384. The number of nitro groups is 1. The van der Waals surface area contributed by atoms with Crippen LogP contribution >= 0.6 is 0 Å². The molecule has 1 heterocycles. The van der Waals surface area contributed by atoms with E-state index in [1.807, 2.05) is 0 Å². The number of hydrogen-bond donors (Lipinski definition) is 2. The number of piperidine rings is 1. The number of benzene rings is 1. The van der Waals surface area contributed by atoms with Gasteiger partial charge in [-0.3, -0.25) is 10.1 Å². The predicted octanol–water partition coefficient (Wildman–Crippen LogP) is 2.54. The molecule has 0 saturated carbocycles. The van der Waals surface area contributed by atoms with E-state index < -0.39 is 10.7 Å². The van der Waals surface area contributed by atoms with Gasteiger partial charge in [0.05, 0.1) is 11.0 Å². The molecule has 2 rings (SSSR count). The van der Waals surface area contributed by atoms with Gasteiger partial charge in [0.15, 0.2) is 0 Å². The zero-order chi connectivity index (χ0) is 13.7. The van der Waals surface area contributed by atoms with Crippen LogP contribution < -0.4 is 10.6 Å². The van der Waals surface area contributed by atoms with E-state index in [2.05, 4.69) is 10.6 Å². The van der Waals surface area contributed by atoms with Crippen LogP contribution in [0.25, 0.3) is 0 Å². The third kappa shape index (κ3) is 3.89. The molecule has 1 aliphatic rings. The molecule has 1 atom stereocenters. The van der Waals surface area contributed by atoms with Gasteiger partial charge in [0.25, 0.3) is 5.69 Å². The van der Waals surface area contributed by atoms with Crippen LogP contribution in [0.3, 0.4) is 0 Å². The molecule has 1 saturated heterocycles. The summed E-state index contributed by atoms with van der Waals surface area (Å²) in [5.74, 6) is 0.0227. The maximum atomic E-state index is 13.0. The number of halogens is 1. The minimum atomic E-state index is -0.589. The van der Waals surface area contributed by atoms with E-state index in [-0.39, 0.29) is 5.69 Å². The third-order valence-electron chi connectivity index (χ3n) is 3.42. The van der Waals surface area contributed by atoms with Crippen LogP contribution in [0.2, 0.25) is 0 Å². The first kappa shape index (κ1) is 13.7. The van der Waals surface area contributed by atoms with Crippen molar-refractivity contribution in [1.29, 1.82) is 0 Å². The van der Waals surface area contributed by atoms with Gasteiger partial charge in [-0.25, -0.2) is 4.39 Å². The number of nitrogens with one attached hydrogen (secondary N) is 2. The fourth-order valence-electron chi connectivity index (χ4n) is 2.39. The molecule has 6 heteroatoms. The van der Waals surface area contributed by atoms with Crippen LogP contribution in [0.5, 0.6) is 0 Å². The van der Waals surface area contributed by atoms with Crippen LogP contribution in [-0.4, -0.2) is 24.6 Å². The second-order valence-corrected chi connectivity index (χ2v) is 4.85. The average Bonchev–Trinajstić information content (AvgIpc) is 2.41. The predicted molar refractivity (Wildman–Crippen MR) is 71.8 cm³/mol. The Hall–Kier alpha value is -1.69. The average molecular weight is 267 g/mol. The molecule has 0 radical (unpaired) electrons. The van der Waals surface area contributed by atoms with E-state index in [9.17, 15) is 14.5 Å². The van der Waals surface area contributed by atoms with Crippen molar-refractivity contribution in [1.82, 2.24) is 5.32 Å². The first-order valence-electron chi connectivity index (χ1n) is 6.55. The zero-order valence-electron chi connectivity index (χ0n) is 10.7. The van der Waals surface area contributed by atoms with Gasteiger partial charge in [-0.2, -0.15) is 0 Å². The Morgan fingerprint density at radius 1 is 1.53 bits per heavy atom. The molecular weight excluding hydrogens is 249 g/mol. The van der Waals surface area contributed by atoms with Gasteiger partial charge >= 0.3 is 0 Å². The van der Waals surface area contributed by atoms with Crippen molar-refractivity contribution in [2.45, 2.75) is 19.3 Å². The lowest BCUT2D eigenvalue weighted by Gasteiger charge is -2.22. The summed E-state index contributed by atoms with van der Waals surface area (Å²) in [5, 5.41) is 17.2. The van der Waals surface area contributed by atoms with E-state index in [1.165, 1.54) is 25.0 Å². The summed E-state index contributed by atoms with van der Waals surface area (Å²) in [4.78, 5) is 10.3. The highest BCUT2D eigenvalue weighted by molar-refractivity contribution is 5.61. The molecule has 104 valence electrons. The molecule has 1 unspecified atom stereocenters. The number of anilines is 1. The normalized spacial score (nSPS) is 19.1. The summed E-state index contributed by atoms with van der Waals surface area (Å²) in [7, 11) is 0. The summed E-state index contributed by atoms with van der Waals surface area (Å²) < 4.78 is 13.0. The Morgan fingerprint density at radius 3 is 3.05 bits per heavy atom. The third-order valence-corrected chi connectivity index (χ3v) is 3.42. The van der Waals surface area contributed by atoms with Crippen LogP contribution in [-0.2, 0) is 0 Å². The van der Waals surface area contributed by atoms with Gasteiger partial charge < -0.3 is 10.6 Å². The van der Waals surface area contributed by atoms with Crippen molar-refractivity contribution in [2.24, 2.45) is 5.92 Å². The molecule has 1 fully saturated rings. The first-order valence-corrected chi connectivity index (χ1v) is 6.55. The quantitative estimate of drug-likeness (QED) is 0.635. The topological polar surface area (TPSA) is 67.2 Å². The van der Waals surface area contributed by atoms with Gasteiger partial charge in [0.1, 0.15) is 11.5 Å². The standard InChI is InChI=1S/C13H18FN3O2/c14-11-3-4-12(13(8-11)17(18)19)16-7-5-10-2-1-6-15-9-10/h3-4,8,10,15-16H,1-2,5-7,9H2. The highest BCUT2D eigenvalue weighted by Gasteiger charge is 2.16. The summed E-state index contributed by atoms with van der Waals surface area (Å²) in [6.45, 7) is 2.75. The Morgan fingerprint density at radius 2 is 2.37 bits per heavy atom. The van der Waals surface area contributed by atoms with Crippen molar-refractivity contribution in [2.75, 3.05) is 25.0 Å². The maximum Gasteiger partial charge on any atom is 0.295 e. The Balaban J connectivity index is 1.89. The molecule has 1 aromatic rings. The van der Waals surface area contributed by atoms with Gasteiger partial charge in [0.2, 0.25) is 0 Å². The second kappa shape index (κ2) is 6.47. The molecule has 1 aromatic carbocycles. The highest BCUT2D eigenvalue weighted by atomic mass is 19.1. The van der Waals surface area contributed by atoms with Crippen molar-refractivity contribution >= 4 is 11.4 Å². The van der Waals surface area contributed by atoms with Gasteiger partial charge in [-0.05, 0) is 50.4 Å². The van der Waals surface area contributed by atoms with Crippen molar-refractivity contribution in [3.8, 4) is 0 Å². The van der Waals surface area contributed by atoms with Gasteiger partial charge in [-0.1, -0.05) is 0 Å². The monoisotopic (exact) mass is 267 g/mol. The zero-order valence-corrected chi connectivity index (χ0v) is 10.7. The smallest absolute Gasteiger partial charge is 0.295 e. The van der Waals surface area contributed by atoms with Gasteiger partial charge in [0, 0.05) is 6.54 Å². The largest absolute Gasteiger partial charge is 0.379 e. The fraction of sp³-hybridized carbons (Fsp3) is 0.538. The van der Waals surface area contributed by atoms with Crippen LogP contribution in [0.1, 0.15) is 19.3 Å². The van der Waals surface area contributed by atoms with Crippen molar-refractivity contribution < 1.29 is 9.31 Å². The van der Waals surface area contributed by atoms with Crippen LogP contribution in [0.4, 0.5) is 15.8 Å². The Kier molecular flexibility index (Phi) is 4.68. The minimum absolute atomic E-state index is 0.207. The molecule has 0 bridgehead atoms. The minimum Gasteiger partial charge on any atom is -0.379 e. The SMILES string of the molecule is O=[N+]([O-])c1cc(F)ccc1NCCC1CCCNC1.